The number of para-hydroxylation sites is 1. The highest BCUT2D eigenvalue weighted by molar-refractivity contribution is 7.18. The molecule has 4 aromatic rings. The number of likely N-dealkylation sites (tertiary alicyclic amines) is 1. The zero-order valence-corrected chi connectivity index (χ0v) is 15.9. The van der Waals surface area contributed by atoms with Gasteiger partial charge in [-0.1, -0.05) is 18.2 Å². The fourth-order valence-corrected chi connectivity index (χ4v) is 4.98. The summed E-state index contributed by atoms with van der Waals surface area (Å²) in [4.78, 5) is 24.7. The first kappa shape index (κ1) is 16.4. The molecule has 27 heavy (non-hydrogen) atoms. The number of carbonyl (C=O) groups is 1. The molecule has 0 N–H and O–H groups in total. The molecule has 1 aliphatic rings. The lowest BCUT2D eigenvalue weighted by molar-refractivity contribution is 0.0606. The molecule has 1 atom stereocenters. The van der Waals surface area contributed by atoms with E-state index in [0.29, 0.717) is 5.69 Å². The first-order chi connectivity index (χ1) is 13.2. The second-order valence-electron chi connectivity index (χ2n) is 7.05. The first-order valence-corrected chi connectivity index (χ1v) is 10.1. The van der Waals surface area contributed by atoms with Crippen LogP contribution in [0.5, 0.6) is 0 Å². The van der Waals surface area contributed by atoms with E-state index in [4.69, 9.17) is 4.98 Å². The SMILES string of the molecule is Cc1cccc2nc(C(=O)N3CCCC[C@@H]3c3nc4ccccc4s3)cn12. The molecule has 5 nitrogen and oxygen atoms in total. The van der Waals surface area contributed by atoms with Crippen LogP contribution in [0.2, 0.25) is 0 Å². The van der Waals surface area contributed by atoms with Gasteiger partial charge in [-0.2, -0.15) is 0 Å². The molecule has 1 saturated heterocycles. The van der Waals surface area contributed by atoms with Crippen molar-refractivity contribution in [1.82, 2.24) is 19.3 Å². The number of nitrogens with zero attached hydrogens (tertiary/aromatic N) is 4. The van der Waals surface area contributed by atoms with E-state index in [0.717, 1.165) is 47.7 Å². The molecule has 0 bridgehead atoms. The van der Waals surface area contributed by atoms with E-state index in [1.165, 1.54) is 4.70 Å². The number of fused-ring (bicyclic) bond motifs is 2. The second-order valence-corrected chi connectivity index (χ2v) is 8.11. The minimum absolute atomic E-state index is 0.00190. The Bertz CT molecular complexity index is 1110. The number of aromatic nitrogens is 3. The van der Waals surface area contributed by atoms with Crippen LogP contribution in [0.1, 0.15) is 46.5 Å². The minimum atomic E-state index is 0.00190. The number of hydrogen-bond acceptors (Lipinski definition) is 4. The number of thiazole rings is 1. The van der Waals surface area contributed by atoms with Crippen LogP contribution >= 0.6 is 11.3 Å². The van der Waals surface area contributed by atoms with Crippen LogP contribution in [-0.4, -0.2) is 31.7 Å². The van der Waals surface area contributed by atoms with Gasteiger partial charge in [-0.3, -0.25) is 4.79 Å². The van der Waals surface area contributed by atoms with Gasteiger partial charge in [0.15, 0.2) is 0 Å². The minimum Gasteiger partial charge on any atom is -0.328 e. The van der Waals surface area contributed by atoms with Gasteiger partial charge in [-0.05, 0) is 50.5 Å². The standard InChI is InChI=1S/C21H20N4OS/c1-14-7-6-11-19-22-16(13-25(14)19)21(26)24-12-5-4-9-17(24)20-23-15-8-2-3-10-18(15)27-20/h2-3,6-8,10-11,13,17H,4-5,9,12H2,1H3/t17-/m1/s1. The molecule has 0 saturated carbocycles. The van der Waals surface area contributed by atoms with Gasteiger partial charge in [-0.15, -0.1) is 11.3 Å². The Hall–Kier alpha value is -2.73. The molecule has 6 heteroatoms. The Morgan fingerprint density at radius 2 is 2.00 bits per heavy atom. The summed E-state index contributed by atoms with van der Waals surface area (Å²) >= 11 is 1.70. The number of imidazole rings is 1. The third-order valence-corrected chi connectivity index (χ3v) is 6.41. The van der Waals surface area contributed by atoms with Gasteiger partial charge in [0.2, 0.25) is 0 Å². The van der Waals surface area contributed by atoms with Crippen LogP contribution in [0.3, 0.4) is 0 Å². The molecule has 5 rings (SSSR count). The van der Waals surface area contributed by atoms with Gasteiger partial charge in [0, 0.05) is 18.4 Å². The van der Waals surface area contributed by atoms with E-state index in [2.05, 4.69) is 11.1 Å². The zero-order valence-electron chi connectivity index (χ0n) is 15.1. The van der Waals surface area contributed by atoms with Gasteiger partial charge in [0.05, 0.1) is 16.3 Å². The van der Waals surface area contributed by atoms with Crippen molar-refractivity contribution in [2.45, 2.75) is 32.2 Å². The van der Waals surface area contributed by atoms with Crippen LogP contribution < -0.4 is 0 Å². The number of hydrogen-bond donors (Lipinski definition) is 0. The summed E-state index contributed by atoms with van der Waals surface area (Å²) in [6, 6.07) is 14.1. The van der Waals surface area contributed by atoms with E-state index in [1.54, 1.807) is 11.3 Å². The fourth-order valence-electron chi connectivity index (χ4n) is 3.86. The molecular weight excluding hydrogens is 356 g/mol. The zero-order chi connectivity index (χ0) is 18.4. The maximum absolute atomic E-state index is 13.3. The molecule has 136 valence electrons. The third kappa shape index (κ3) is 2.80. The maximum Gasteiger partial charge on any atom is 0.274 e. The fraction of sp³-hybridized carbons (Fsp3) is 0.286. The van der Waals surface area contributed by atoms with Crippen LogP contribution in [-0.2, 0) is 0 Å². The van der Waals surface area contributed by atoms with E-state index >= 15 is 0 Å². The highest BCUT2D eigenvalue weighted by Gasteiger charge is 2.32. The number of carbonyl (C=O) groups excluding carboxylic acids is 1. The Balaban J connectivity index is 1.52. The molecule has 1 aromatic carbocycles. The lowest BCUT2D eigenvalue weighted by Crippen LogP contribution is -2.38. The molecule has 3 aromatic heterocycles. The van der Waals surface area contributed by atoms with Crippen molar-refractivity contribution in [2.24, 2.45) is 0 Å². The van der Waals surface area contributed by atoms with Crippen LogP contribution in [0.25, 0.3) is 15.9 Å². The largest absolute Gasteiger partial charge is 0.328 e. The van der Waals surface area contributed by atoms with E-state index in [9.17, 15) is 4.79 Å². The monoisotopic (exact) mass is 376 g/mol. The van der Waals surface area contributed by atoms with Gasteiger partial charge < -0.3 is 9.30 Å². The van der Waals surface area contributed by atoms with E-state index in [-0.39, 0.29) is 11.9 Å². The number of aryl methyl sites for hydroxylation is 1. The molecule has 1 fully saturated rings. The highest BCUT2D eigenvalue weighted by atomic mass is 32.1. The molecule has 0 unspecified atom stereocenters. The second kappa shape index (κ2) is 6.46. The van der Waals surface area contributed by atoms with Crippen LogP contribution in [0.4, 0.5) is 0 Å². The lowest BCUT2D eigenvalue weighted by Gasteiger charge is -2.34. The lowest BCUT2D eigenvalue weighted by atomic mass is 10.0. The summed E-state index contributed by atoms with van der Waals surface area (Å²) in [6.07, 6.45) is 4.96. The Morgan fingerprint density at radius 3 is 2.85 bits per heavy atom. The van der Waals surface area contributed by atoms with Crippen molar-refractivity contribution in [1.29, 1.82) is 0 Å². The predicted octanol–water partition coefficient (Wildman–Crippen LogP) is 4.62. The van der Waals surface area contributed by atoms with Gasteiger partial charge in [0.1, 0.15) is 16.3 Å². The molecule has 1 amide bonds. The summed E-state index contributed by atoms with van der Waals surface area (Å²) < 4.78 is 3.15. The summed E-state index contributed by atoms with van der Waals surface area (Å²) in [5.41, 5.74) is 3.41. The molecular formula is C21H20N4OS. The van der Waals surface area contributed by atoms with Gasteiger partial charge in [-0.25, -0.2) is 9.97 Å². The van der Waals surface area contributed by atoms with Crippen LogP contribution in [0, 0.1) is 6.92 Å². The van der Waals surface area contributed by atoms with Gasteiger partial charge in [0.25, 0.3) is 5.91 Å². The predicted molar refractivity (Wildman–Crippen MR) is 107 cm³/mol. The van der Waals surface area contributed by atoms with E-state index in [1.807, 2.05) is 58.8 Å². The molecule has 1 aliphatic heterocycles. The summed E-state index contributed by atoms with van der Waals surface area (Å²) in [7, 11) is 0. The Kier molecular flexibility index (Phi) is 3.93. The van der Waals surface area contributed by atoms with E-state index < -0.39 is 0 Å². The maximum atomic E-state index is 13.3. The Labute approximate surface area is 161 Å². The van der Waals surface area contributed by atoms with Gasteiger partial charge >= 0.3 is 0 Å². The number of rotatable bonds is 2. The quantitative estimate of drug-likeness (QED) is 0.513. The topological polar surface area (TPSA) is 50.5 Å². The number of amides is 1. The van der Waals surface area contributed by atoms with Crippen LogP contribution in [0.15, 0.2) is 48.7 Å². The van der Waals surface area contributed by atoms with Crippen molar-refractivity contribution in [2.75, 3.05) is 6.54 Å². The van der Waals surface area contributed by atoms with Crippen molar-refractivity contribution in [3.63, 3.8) is 0 Å². The smallest absolute Gasteiger partial charge is 0.274 e. The number of pyridine rings is 1. The summed E-state index contributed by atoms with van der Waals surface area (Å²) in [6.45, 7) is 2.78. The third-order valence-electron chi connectivity index (χ3n) is 5.27. The first-order valence-electron chi connectivity index (χ1n) is 9.32. The Morgan fingerprint density at radius 1 is 1.11 bits per heavy atom. The van der Waals surface area contributed by atoms with Crippen molar-refractivity contribution in [3.05, 3.63) is 65.1 Å². The number of benzene rings is 1. The molecule has 0 aliphatic carbocycles. The summed E-state index contributed by atoms with van der Waals surface area (Å²) in [5, 5.41) is 1.03. The highest BCUT2D eigenvalue weighted by Crippen LogP contribution is 2.36. The average molecular weight is 376 g/mol. The van der Waals surface area contributed by atoms with Crippen molar-refractivity contribution in [3.8, 4) is 0 Å². The molecule has 0 spiro atoms. The van der Waals surface area contributed by atoms with Crippen molar-refractivity contribution >= 4 is 33.1 Å². The number of piperidine rings is 1. The molecule has 4 heterocycles. The van der Waals surface area contributed by atoms with Crippen molar-refractivity contribution < 1.29 is 4.79 Å². The molecule has 0 radical (unpaired) electrons. The average Bonchev–Trinajstić information content (AvgIpc) is 3.32. The normalized spacial score (nSPS) is 17.7. The summed E-state index contributed by atoms with van der Waals surface area (Å²) in [5.74, 6) is 0.00190.